The number of hydrogen-bond acceptors (Lipinski definition) is 6. The second-order valence-electron chi connectivity index (χ2n) is 5.96. The average molecular weight is 437 g/mol. The Morgan fingerprint density at radius 2 is 1.71 bits per heavy atom. The lowest BCUT2D eigenvalue weighted by Gasteiger charge is -2.24. The Hall–Kier alpha value is -2.49. The molecule has 0 spiro atoms. The lowest BCUT2D eigenvalue weighted by Crippen LogP contribution is -2.29. The van der Waals surface area contributed by atoms with Gasteiger partial charge in [0, 0.05) is 5.02 Å². The molecule has 3 rings (SSSR count). The van der Waals surface area contributed by atoms with Gasteiger partial charge in [0.25, 0.3) is 0 Å². The summed E-state index contributed by atoms with van der Waals surface area (Å²) in [7, 11) is -3.55. The highest BCUT2D eigenvalue weighted by atomic mass is 35.5. The van der Waals surface area contributed by atoms with Crippen LogP contribution < -0.4 is 9.21 Å². The molecule has 2 aromatic carbocycles. The molecule has 1 aromatic heterocycles. The van der Waals surface area contributed by atoms with Crippen molar-refractivity contribution in [1.82, 2.24) is 10.2 Å². The Morgan fingerprint density at radius 1 is 1.07 bits per heavy atom. The highest BCUT2D eigenvalue weighted by Gasteiger charge is 2.20. The molecule has 1 heterocycles. The van der Waals surface area contributed by atoms with Gasteiger partial charge in [-0.1, -0.05) is 41.1 Å². The second kappa shape index (κ2) is 8.26. The third kappa shape index (κ3) is 4.49. The Bertz CT molecular complexity index is 1080. The molecule has 1 amide bonds. The van der Waals surface area contributed by atoms with Crippen LogP contribution in [0, 0.1) is 6.92 Å². The Kier molecular flexibility index (Phi) is 5.97. The number of aromatic nitrogens is 2. The molecule has 0 saturated carbocycles. The van der Waals surface area contributed by atoms with Crippen LogP contribution in [0.15, 0.2) is 48.5 Å². The minimum Gasteiger partial charge on any atom is -0.278 e. The van der Waals surface area contributed by atoms with Crippen molar-refractivity contribution in [1.29, 1.82) is 0 Å². The van der Waals surface area contributed by atoms with E-state index in [0.29, 0.717) is 33.5 Å². The molecule has 3 aromatic rings. The van der Waals surface area contributed by atoms with E-state index in [1.54, 1.807) is 55.5 Å². The van der Waals surface area contributed by atoms with Gasteiger partial charge in [-0.25, -0.2) is 8.42 Å². The second-order valence-corrected chi connectivity index (χ2v) is 9.43. The number of hydrogen-bond donors (Lipinski definition) is 0. The van der Waals surface area contributed by atoms with Crippen LogP contribution >= 0.6 is 22.9 Å². The van der Waals surface area contributed by atoms with Gasteiger partial charge in [-0.05, 0) is 42.8 Å². The molecular weight excluding hydrogens is 420 g/mol. The molecule has 0 saturated heterocycles. The Morgan fingerprint density at radius 3 is 2.25 bits per heavy atom. The van der Waals surface area contributed by atoms with Crippen molar-refractivity contribution in [2.45, 2.75) is 13.5 Å². The highest BCUT2D eigenvalue weighted by Crippen LogP contribution is 2.30. The van der Waals surface area contributed by atoms with Crippen LogP contribution in [0.2, 0.25) is 5.02 Å². The zero-order valence-corrected chi connectivity index (χ0v) is 17.5. The zero-order valence-electron chi connectivity index (χ0n) is 15.1. The lowest BCUT2D eigenvalue weighted by molar-refractivity contribution is -0.106. The van der Waals surface area contributed by atoms with Crippen LogP contribution in [0.3, 0.4) is 0 Å². The number of carbonyl (C=O) groups excluding carboxylic acids is 1. The van der Waals surface area contributed by atoms with E-state index in [1.165, 1.54) is 20.5 Å². The summed E-state index contributed by atoms with van der Waals surface area (Å²) in [5.74, 6) is 0. The first-order chi connectivity index (χ1) is 13.3. The smallest absolute Gasteiger partial charge is 0.232 e. The number of benzene rings is 2. The average Bonchev–Trinajstić information content (AvgIpc) is 3.07. The molecule has 10 heteroatoms. The van der Waals surface area contributed by atoms with Crippen LogP contribution in [0.5, 0.6) is 0 Å². The minimum absolute atomic E-state index is 0.102. The molecule has 7 nitrogen and oxygen atoms in total. The monoisotopic (exact) mass is 436 g/mol. The van der Waals surface area contributed by atoms with Crippen molar-refractivity contribution < 1.29 is 13.2 Å². The molecule has 0 radical (unpaired) electrons. The lowest BCUT2D eigenvalue weighted by atomic mass is 10.2. The van der Waals surface area contributed by atoms with Crippen molar-refractivity contribution >= 4 is 55.9 Å². The summed E-state index contributed by atoms with van der Waals surface area (Å²) < 4.78 is 26.0. The van der Waals surface area contributed by atoms with Gasteiger partial charge >= 0.3 is 0 Å². The fraction of sp³-hybridized carbons (Fsp3) is 0.167. The molecule has 146 valence electrons. The number of sulfonamides is 1. The summed E-state index contributed by atoms with van der Waals surface area (Å²) in [6.45, 7) is 1.90. The van der Waals surface area contributed by atoms with Crippen LogP contribution in [0.25, 0.3) is 0 Å². The number of aryl methyl sites for hydroxylation is 1. The quantitative estimate of drug-likeness (QED) is 0.526. The molecule has 0 fully saturated rings. The van der Waals surface area contributed by atoms with Crippen LogP contribution in [0.4, 0.5) is 16.5 Å². The standard InChI is InChI=1S/C18H17ClN4O3S2/c1-13-20-21-18(27-13)22(12-24)15-7-9-16(10-8-15)23(28(2,25)26)11-14-5-3-4-6-17(14)19/h3-10,12H,11H2,1-2H3. The van der Waals surface area contributed by atoms with Gasteiger partial charge in [0.15, 0.2) is 0 Å². The molecule has 28 heavy (non-hydrogen) atoms. The van der Waals surface area contributed by atoms with E-state index in [9.17, 15) is 13.2 Å². The van der Waals surface area contributed by atoms with Gasteiger partial charge in [0.1, 0.15) is 5.01 Å². The first-order valence-electron chi connectivity index (χ1n) is 8.15. The number of halogens is 1. The predicted molar refractivity (Wildman–Crippen MR) is 112 cm³/mol. The topological polar surface area (TPSA) is 83.5 Å². The SMILES string of the molecule is Cc1nnc(N(C=O)c2ccc(N(Cc3ccccc3Cl)S(C)(=O)=O)cc2)s1. The Balaban J connectivity index is 1.92. The molecule has 0 unspecified atom stereocenters. The molecular formula is C18H17ClN4O3S2. The van der Waals surface area contributed by atoms with Crippen LogP contribution in [0.1, 0.15) is 10.6 Å². The fourth-order valence-corrected chi connectivity index (χ4v) is 4.31. The van der Waals surface area contributed by atoms with E-state index in [1.807, 2.05) is 0 Å². The van der Waals surface area contributed by atoms with Crippen LogP contribution in [-0.2, 0) is 21.4 Å². The molecule has 0 aliphatic heterocycles. The summed E-state index contributed by atoms with van der Waals surface area (Å²) in [5, 5.41) is 9.55. The van der Waals surface area contributed by atoms with E-state index < -0.39 is 10.0 Å². The normalized spacial score (nSPS) is 11.2. The number of nitrogens with zero attached hydrogens (tertiary/aromatic N) is 4. The van der Waals surface area contributed by atoms with Crippen molar-refractivity contribution in [2.75, 3.05) is 15.5 Å². The van der Waals surface area contributed by atoms with E-state index in [-0.39, 0.29) is 6.54 Å². The zero-order chi connectivity index (χ0) is 20.3. The number of amides is 1. The minimum atomic E-state index is -3.55. The summed E-state index contributed by atoms with van der Waals surface area (Å²) in [4.78, 5) is 12.9. The van der Waals surface area contributed by atoms with Gasteiger partial charge in [0.05, 0.1) is 24.2 Å². The summed E-state index contributed by atoms with van der Waals surface area (Å²) in [6, 6.07) is 13.7. The van der Waals surface area contributed by atoms with Gasteiger partial charge in [-0.2, -0.15) is 0 Å². The summed E-state index contributed by atoms with van der Waals surface area (Å²) in [6.07, 6.45) is 1.78. The van der Waals surface area contributed by atoms with E-state index in [4.69, 9.17) is 11.6 Å². The maximum absolute atomic E-state index is 12.3. The fourth-order valence-electron chi connectivity index (χ4n) is 2.56. The highest BCUT2D eigenvalue weighted by molar-refractivity contribution is 7.92. The first kappa shape index (κ1) is 20.2. The molecule has 0 bridgehead atoms. The van der Waals surface area contributed by atoms with Gasteiger partial charge in [-0.15, -0.1) is 10.2 Å². The van der Waals surface area contributed by atoms with E-state index in [2.05, 4.69) is 10.2 Å². The van der Waals surface area contributed by atoms with E-state index >= 15 is 0 Å². The van der Waals surface area contributed by atoms with Crippen molar-refractivity contribution in [3.05, 3.63) is 64.1 Å². The maximum Gasteiger partial charge on any atom is 0.232 e. The van der Waals surface area contributed by atoms with Crippen molar-refractivity contribution in [2.24, 2.45) is 0 Å². The largest absolute Gasteiger partial charge is 0.278 e. The predicted octanol–water partition coefficient (Wildman–Crippen LogP) is 3.76. The molecule has 0 aliphatic carbocycles. The summed E-state index contributed by atoms with van der Waals surface area (Å²) in [5.41, 5.74) is 1.71. The number of anilines is 3. The number of rotatable bonds is 7. The molecule has 0 N–H and O–H groups in total. The van der Waals surface area contributed by atoms with Gasteiger partial charge < -0.3 is 0 Å². The van der Waals surface area contributed by atoms with Crippen molar-refractivity contribution in [3.8, 4) is 0 Å². The Labute approximate surface area is 172 Å². The van der Waals surface area contributed by atoms with E-state index in [0.717, 1.165) is 11.3 Å². The van der Waals surface area contributed by atoms with Gasteiger partial charge in [0.2, 0.25) is 21.6 Å². The van der Waals surface area contributed by atoms with Crippen molar-refractivity contribution in [3.63, 3.8) is 0 Å². The van der Waals surface area contributed by atoms with Gasteiger partial charge in [-0.3, -0.25) is 14.0 Å². The summed E-state index contributed by atoms with van der Waals surface area (Å²) >= 11 is 7.47. The third-order valence-corrected chi connectivity index (χ3v) is 6.26. The molecule has 0 atom stereocenters. The molecule has 0 aliphatic rings. The van der Waals surface area contributed by atoms with Crippen LogP contribution in [-0.4, -0.2) is 31.3 Å². The maximum atomic E-state index is 12.3. The third-order valence-electron chi connectivity index (χ3n) is 3.91. The number of carbonyl (C=O) groups is 1. The first-order valence-corrected chi connectivity index (χ1v) is 11.2.